The summed E-state index contributed by atoms with van der Waals surface area (Å²) in [6, 6.07) is 8.52. The highest BCUT2D eigenvalue weighted by atomic mass is 79.9. The second-order valence-electron chi connectivity index (χ2n) is 4.10. The summed E-state index contributed by atoms with van der Waals surface area (Å²) in [5.41, 5.74) is 0.0367. The van der Waals surface area contributed by atoms with Crippen LogP contribution < -0.4 is 10.1 Å². The number of ether oxygens (including phenoxy) is 2. The van der Waals surface area contributed by atoms with Gasteiger partial charge in [-0.25, -0.2) is 4.79 Å². The molecule has 122 valence electrons. The Bertz CT molecular complexity index is 704. The molecule has 0 aliphatic rings. The predicted molar refractivity (Wildman–Crippen MR) is 78.4 cm³/mol. The molecule has 0 saturated heterocycles. The largest absolute Gasteiger partial charge is 0.450 e. The Morgan fingerprint density at radius 1 is 1.22 bits per heavy atom. The van der Waals surface area contributed by atoms with Crippen molar-refractivity contribution in [2.75, 3.05) is 11.9 Å². The van der Waals surface area contributed by atoms with Crippen molar-refractivity contribution >= 4 is 33.5 Å². The fourth-order valence-electron chi connectivity index (χ4n) is 1.58. The number of hydrogen-bond acceptors (Lipinski definition) is 5. The van der Waals surface area contributed by atoms with Crippen molar-refractivity contribution in [2.45, 2.75) is 6.61 Å². The number of para-hydroxylation sites is 2. The van der Waals surface area contributed by atoms with Crippen LogP contribution in [0.2, 0.25) is 0 Å². The molecular formula is C14H10BrF2NO5. The molecule has 1 amide bonds. The highest BCUT2D eigenvalue weighted by molar-refractivity contribution is 9.10. The van der Waals surface area contributed by atoms with E-state index >= 15 is 0 Å². The van der Waals surface area contributed by atoms with Gasteiger partial charge in [0.15, 0.2) is 11.3 Å². The van der Waals surface area contributed by atoms with E-state index in [1.165, 1.54) is 36.4 Å². The lowest BCUT2D eigenvalue weighted by atomic mass is 10.3. The maximum absolute atomic E-state index is 12.3. The third-order valence-corrected chi connectivity index (χ3v) is 2.91. The number of halogens is 3. The van der Waals surface area contributed by atoms with Crippen LogP contribution in [0.15, 0.2) is 45.5 Å². The van der Waals surface area contributed by atoms with Gasteiger partial charge < -0.3 is 19.2 Å². The number of hydrogen-bond donors (Lipinski definition) is 1. The highest BCUT2D eigenvalue weighted by Gasteiger charge is 2.16. The fraction of sp³-hybridized carbons (Fsp3) is 0.143. The highest BCUT2D eigenvalue weighted by Crippen LogP contribution is 2.25. The summed E-state index contributed by atoms with van der Waals surface area (Å²) in [6.45, 7) is -3.64. The lowest BCUT2D eigenvalue weighted by Crippen LogP contribution is -2.21. The number of amides is 1. The summed E-state index contributed by atoms with van der Waals surface area (Å²) in [6.07, 6.45) is 0. The Morgan fingerprint density at radius 3 is 2.61 bits per heavy atom. The van der Waals surface area contributed by atoms with E-state index in [0.29, 0.717) is 4.67 Å². The standard InChI is InChI=1S/C14H10BrF2NO5/c15-11-6-5-10(22-11)13(20)21-7-12(19)18-8-3-1-2-4-9(8)23-14(16)17/h1-6,14H,7H2,(H,18,19). The zero-order chi connectivity index (χ0) is 16.8. The van der Waals surface area contributed by atoms with Crippen molar-refractivity contribution in [3.05, 3.63) is 46.8 Å². The molecule has 9 heteroatoms. The Morgan fingerprint density at radius 2 is 1.96 bits per heavy atom. The Kier molecular flexibility index (Phi) is 5.69. The quantitative estimate of drug-likeness (QED) is 0.765. The number of benzene rings is 1. The van der Waals surface area contributed by atoms with E-state index in [-0.39, 0.29) is 17.2 Å². The first-order valence-corrected chi connectivity index (χ1v) is 7.01. The summed E-state index contributed by atoms with van der Waals surface area (Å²) in [4.78, 5) is 23.3. The van der Waals surface area contributed by atoms with Crippen molar-refractivity contribution in [1.29, 1.82) is 0 Å². The lowest BCUT2D eigenvalue weighted by Gasteiger charge is -2.11. The second-order valence-corrected chi connectivity index (χ2v) is 4.88. The maximum atomic E-state index is 12.3. The first-order chi connectivity index (χ1) is 11.0. The van der Waals surface area contributed by atoms with Crippen LogP contribution in [0.25, 0.3) is 0 Å². The molecule has 23 heavy (non-hydrogen) atoms. The van der Waals surface area contributed by atoms with E-state index in [1.54, 1.807) is 0 Å². The summed E-state index contributed by atoms with van der Waals surface area (Å²) in [5, 5.41) is 2.31. The number of carbonyl (C=O) groups is 2. The molecule has 0 atom stereocenters. The zero-order valence-electron chi connectivity index (χ0n) is 11.4. The fourth-order valence-corrected chi connectivity index (χ4v) is 1.89. The van der Waals surface area contributed by atoms with Gasteiger partial charge >= 0.3 is 12.6 Å². The molecule has 2 aromatic rings. The molecule has 1 N–H and O–H groups in total. The van der Waals surface area contributed by atoms with Crippen LogP contribution in [0.3, 0.4) is 0 Å². The van der Waals surface area contributed by atoms with Gasteiger partial charge in [-0.3, -0.25) is 4.79 Å². The van der Waals surface area contributed by atoms with Gasteiger partial charge in [0.25, 0.3) is 5.91 Å². The molecular weight excluding hydrogens is 380 g/mol. The van der Waals surface area contributed by atoms with Gasteiger partial charge in [0.05, 0.1) is 5.69 Å². The Labute approximate surface area is 137 Å². The number of esters is 1. The molecule has 0 saturated carbocycles. The van der Waals surface area contributed by atoms with Crippen LogP contribution in [0.5, 0.6) is 5.75 Å². The third-order valence-electron chi connectivity index (χ3n) is 2.49. The predicted octanol–water partition coefficient (Wildman–Crippen LogP) is 3.44. The molecule has 1 heterocycles. The van der Waals surface area contributed by atoms with Crippen molar-refractivity contribution in [3.8, 4) is 5.75 Å². The average molecular weight is 390 g/mol. The first kappa shape index (κ1) is 16.9. The number of anilines is 1. The molecule has 2 rings (SSSR count). The Balaban J connectivity index is 1.91. The van der Waals surface area contributed by atoms with Gasteiger partial charge in [0.1, 0.15) is 5.75 Å². The van der Waals surface area contributed by atoms with E-state index < -0.39 is 25.1 Å². The van der Waals surface area contributed by atoms with E-state index in [9.17, 15) is 18.4 Å². The number of carbonyl (C=O) groups excluding carboxylic acids is 2. The second kappa shape index (κ2) is 7.73. The average Bonchev–Trinajstić information content (AvgIpc) is 2.93. The van der Waals surface area contributed by atoms with Crippen molar-refractivity contribution in [2.24, 2.45) is 0 Å². The molecule has 0 aliphatic carbocycles. The van der Waals surface area contributed by atoms with Crippen LogP contribution in [0.4, 0.5) is 14.5 Å². The Hall–Kier alpha value is -2.42. The van der Waals surface area contributed by atoms with Crippen LogP contribution in [-0.4, -0.2) is 25.1 Å². The molecule has 0 fully saturated rings. The first-order valence-electron chi connectivity index (χ1n) is 6.22. The SMILES string of the molecule is O=C(COC(=O)c1ccc(Br)o1)Nc1ccccc1OC(F)F. The van der Waals surface area contributed by atoms with E-state index in [0.717, 1.165) is 0 Å². The van der Waals surface area contributed by atoms with Crippen molar-refractivity contribution in [3.63, 3.8) is 0 Å². The molecule has 0 bridgehead atoms. The summed E-state index contributed by atoms with van der Waals surface area (Å²) >= 11 is 3.02. The van der Waals surface area contributed by atoms with Crippen LogP contribution >= 0.6 is 15.9 Å². The van der Waals surface area contributed by atoms with E-state index in [4.69, 9.17) is 9.15 Å². The smallest absolute Gasteiger partial charge is 0.387 e. The number of alkyl halides is 2. The molecule has 1 aromatic heterocycles. The lowest BCUT2D eigenvalue weighted by molar-refractivity contribution is -0.119. The number of nitrogens with one attached hydrogen (secondary N) is 1. The molecule has 0 spiro atoms. The van der Waals surface area contributed by atoms with Crippen LogP contribution in [-0.2, 0) is 9.53 Å². The molecule has 0 aliphatic heterocycles. The zero-order valence-corrected chi connectivity index (χ0v) is 13.0. The van der Waals surface area contributed by atoms with Gasteiger partial charge in [-0.15, -0.1) is 0 Å². The van der Waals surface area contributed by atoms with Gasteiger partial charge in [-0.1, -0.05) is 12.1 Å². The van der Waals surface area contributed by atoms with Gasteiger partial charge in [0, 0.05) is 0 Å². The normalized spacial score (nSPS) is 10.4. The third kappa shape index (κ3) is 5.06. The monoisotopic (exact) mass is 389 g/mol. The van der Waals surface area contributed by atoms with E-state index in [1.807, 2.05) is 0 Å². The summed E-state index contributed by atoms with van der Waals surface area (Å²) < 4.78 is 38.8. The molecule has 0 radical (unpaired) electrons. The number of furan rings is 1. The number of rotatable bonds is 6. The van der Waals surface area contributed by atoms with Crippen molar-refractivity contribution in [1.82, 2.24) is 0 Å². The minimum atomic E-state index is -3.02. The van der Waals surface area contributed by atoms with Gasteiger partial charge in [-0.2, -0.15) is 8.78 Å². The van der Waals surface area contributed by atoms with Gasteiger partial charge in [-0.05, 0) is 40.2 Å². The molecule has 1 aromatic carbocycles. The summed E-state index contributed by atoms with van der Waals surface area (Å²) in [7, 11) is 0. The van der Waals surface area contributed by atoms with E-state index in [2.05, 4.69) is 26.0 Å². The topological polar surface area (TPSA) is 77.8 Å². The van der Waals surface area contributed by atoms with Crippen LogP contribution in [0.1, 0.15) is 10.6 Å². The van der Waals surface area contributed by atoms with Gasteiger partial charge in [0.2, 0.25) is 5.76 Å². The van der Waals surface area contributed by atoms with Crippen molar-refractivity contribution < 1.29 is 32.3 Å². The van der Waals surface area contributed by atoms with Crippen LogP contribution in [0, 0.1) is 0 Å². The minimum Gasteiger partial charge on any atom is -0.450 e. The maximum Gasteiger partial charge on any atom is 0.387 e. The molecule has 0 unspecified atom stereocenters. The minimum absolute atomic E-state index is 0.0367. The summed E-state index contributed by atoms with van der Waals surface area (Å²) in [5.74, 6) is -1.82. The molecule has 6 nitrogen and oxygen atoms in total.